The van der Waals surface area contributed by atoms with Crippen molar-refractivity contribution in [2.75, 3.05) is 10.6 Å². The van der Waals surface area contributed by atoms with Crippen molar-refractivity contribution < 1.29 is 29.4 Å². The number of nitrogens with one attached hydrogen (secondary N) is 2. The van der Waals surface area contributed by atoms with E-state index in [-0.39, 0.29) is 46.5 Å². The third kappa shape index (κ3) is 6.40. The van der Waals surface area contributed by atoms with Gasteiger partial charge in [0.25, 0.3) is 0 Å². The number of hydrogen-bond donors (Lipinski definition) is 4. The molecular weight excluding hydrogens is 416 g/mol. The number of aromatic carboxylic acids is 2. The Hall–Kier alpha value is -4.70. The number of nitrogens with zero attached hydrogens (tertiary/aromatic N) is 2. The monoisotopic (exact) mass is 434 g/mol. The summed E-state index contributed by atoms with van der Waals surface area (Å²) in [6, 6.07) is 11.4. The van der Waals surface area contributed by atoms with Gasteiger partial charge in [0.15, 0.2) is 0 Å². The van der Waals surface area contributed by atoms with Gasteiger partial charge in [-0.05, 0) is 49.2 Å². The van der Waals surface area contributed by atoms with Gasteiger partial charge in [-0.3, -0.25) is 9.59 Å². The molecule has 10 heteroatoms. The smallest absolute Gasteiger partial charge is 0.337 e. The molecule has 0 fully saturated rings. The molecule has 10 nitrogen and oxygen atoms in total. The zero-order chi connectivity index (χ0) is 23.7. The van der Waals surface area contributed by atoms with E-state index in [0.29, 0.717) is 12.8 Å². The Morgan fingerprint density at radius 1 is 0.719 bits per heavy atom. The van der Waals surface area contributed by atoms with Gasteiger partial charge in [0.2, 0.25) is 11.8 Å². The van der Waals surface area contributed by atoms with Crippen LogP contribution in [-0.2, 0) is 9.59 Å². The van der Waals surface area contributed by atoms with Crippen molar-refractivity contribution in [2.24, 2.45) is 0 Å². The van der Waals surface area contributed by atoms with Gasteiger partial charge in [-0.2, -0.15) is 10.5 Å². The Kier molecular flexibility index (Phi) is 8.03. The van der Waals surface area contributed by atoms with Gasteiger partial charge < -0.3 is 20.8 Å². The minimum atomic E-state index is -1.28. The predicted molar refractivity (Wildman–Crippen MR) is 112 cm³/mol. The molecule has 0 atom stereocenters. The highest BCUT2D eigenvalue weighted by Gasteiger charge is 2.15. The fourth-order valence-corrected chi connectivity index (χ4v) is 2.80. The zero-order valence-electron chi connectivity index (χ0n) is 16.7. The van der Waals surface area contributed by atoms with Crippen molar-refractivity contribution in [3.8, 4) is 12.1 Å². The molecule has 32 heavy (non-hydrogen) atoms. The molecule has 0 saturated heterocycles. The standard InChI is InChI=1S/C22H18N4O6/c23-11-13-5-7-17(15(9-13)21(29)30)25-19(27)3-1-2-4-20(28)26-18-8-6-14(12-24)10-16(18)22(31)32/h5-10H,1-4H2,(H,25,27)(H,26,28)(H,29,30)(H,31,32). The van der Waals surface area contributed by atoms with Crippen molar-refractivity contribution in [1.29, 1.82) is 10.5 Å². The number of nitriles is 2. The summed E-state index contributed by atoms with van der Waals surface area (Å²) in [5.74, 6) is -3.45. The number of anilines is 2. The number of unbranched alkanes of at least 4 members (excludes halogenated alkanes) is 1. The van der Waals surface area contributed by atoms with Crippen LogP contribution in [0, 0.1) is 22.7 Å². The van der Waals surface area contributed by atoms with Crippen LogP contribution in [0.25, 0.3) is 0 Å². The Morgan fingerprint density at radius 3 is 1.41 bits per heavy atom. The lowest BCUT2D eigenvalue weighted by Gasteiger charge is -2.10. The van der Waals surface area contributed by atoms with E-state index in [1.807, 2.05) is 12.1 Å². The van der Waals surface area contributed by atoms with Crippen LogP contribution in [-0.4, -0.2) is 34.0 Å². The van der Waals surface area contributed by atoms with Gasteiger partial charge >= 0.3 is 11.9 Å². The number of carboxylic acid groups (broad SMARTS) is 2. The van der Waals surface area contributed by atoms with Crippen LogP contribution in [0.3, 0.4) is 0 Å². The van der Waals surface area contributed by atoms with Gasteiger partial charge in [0.05, 0.1) is 45.8 Å². The highest BCUT2D eigenvalue weighted by molar-refractivity contribution is 6.01. The van der Waals surface area contributed by atoms with Gasteiger partial charge in [0.1, 0.15) is 0 Å². The second-order valence-corrected chi connectivity index (χ2v) is 6.66. The first-order chi connectivity index (χ1) is 15.2. The molecule has 0 radical (unpaired) electrons. The Bertz CT molecular complexity index is 1070. The van der Waals surface area contributed by atoms with E-state index in [1.54, 1.807) is 0 Å². The number of amides is 2. The first kappa shape index (κ1) is 23.6. The molecule has 2 aromatic rings. The first-order valence-electron chi connectivity index (χ1n) is 9.39. The van der Waals surface area contributed by atoms with Crippen molar-refractivity contribution in [3.63, 3.8) is 0 Å². The molecule has 4 N–H and O–H groups in total. The molecule has 2 aromatic carbocycles. The third-order valence-electron chi connectivity index (χ3n) is 4.36. The minimum absolute atomic E-state index is 0.0313. The van der Waals surface area contributed by atoms with Crippen LogP contribution in [0.4, 0.5) is 11.4 Å². The molecule has 0 bridgehead atoms. The summed E-state index contributed by atoms with van der Waals surface area (Å²) < 4.78 is 0. The summed E-state index contributed by atoms with van der Waals surface area (Å²) in [4.78, 5) is 46.8. The molecule has 0 aliphatic rings. The molecule has 0 aliphatic heterocycles. The van der Waals surface area contributed by atoms with Crippen LogP contribution >= 0.6 is 0 Å². The molecule has 2 rings (SSSR count). The van der Waals surface area contributed by atoms with Crippen molar-refractivity contribution >= 4 is 35.1 Å². The van der Waals surface area contributed by atoms with E-state index in [1.165, 1.54) is 24.3 Å². The first-order valence-corrected chi connectivity index (χ1v) is 9.39. The van der Waals surface area contributed by atoms with Crippen LogP contribution in [0.1, 0.15) is 57.5 Å². The molecule has 162 valence electrons. The van der Waals surface area contributed by atoms with E-state index in [0.717, 1.165) is 12.1 Å². The van der Waals surface area contributed by atoms with Crippen LogP contribution in [0.5, 0.6) is 0 Å². The number of hydrogen-bond acceptors (Lipinski definition) is 6. The molecular formula is C22H18N4O6. The maximum Gasteiger partial charge on any atom is 0.337 e. The molecule has 0 saturated carbocycles. The largest absolute Gasteiger partial charge is 0.478 e. The van der Waals surface area contributed by atoms with Crippen molar-refractivity contribution in [1.82, 2.24) is 0 Å². The Labute approximate surface area is 182 Å². The Morgan fingerprint density at radius 2 is 1.09 bits per heavy atom. The number of rotatable bonds is 9. The molecule has 0 aliphatic carbocycles. The van der Waals surface area contributed by atoms with Crippen LogP contribution in [0.15, 0.2) is 36.4 Å². The number of carbonyl (C=O) groups excluding carboxylic acids is 2. The molecule has 0 spiro atoms. The molecule has 0 unspecified atom stereocenters. The lowest BCUT2D eigenvalue weighted by molar-refractivity contribution is -0.118. The molecule has 0 heterocycles. The lowest BCUT2D eigenvalue weighted by Crippen LogP contribution is -2.16. The summed E-state index contributed by atoms with van der Waals surface area (Å²) in [7, 11) is 0. The van der Waals surface area contributed by atoms with Gasteiger partial charge in [0, 0.05) is 12.8 Å². The second kappa shape index (κ2) is 10.9. The van der Waals surface area contributed by atoms with Gasteiger partial charge in [-0.25, -0.2) is 9.59 Å². The summed E-state index contributed by atoms with van der Waals surface area (Å²) in [6.07, 6.45) is 0.724. The average molecular weight is 434 g/mol. The lowest BCUT2D eigenvalue weighted by atomic mass is 10.1. The maximum atomic E-state index is 12.1. The summed E-state index contributed by atoms with van der Waals surface area (Å²) in [5.41, 5.74) is 0.0452. The van der Waals surface area contributed by atoms with E-state index < -0.39 is 23.8 Å². The quantitative estimate of drug-likeness (QED) is 0.434. The van der Waals surface area contributed by atoms with E-state index >= 15 is 0 Å². The van der Waals surface area contributed by atoms with E-state index in [4.69, 9.17) is 10.5 Å². The Balaban J connectivity index is 1.86. The fourth-order valence-electron chi connectivity index (χ4n) is 2.80. The molecule has 0 aromatic heterocycles. The van der Waals surface area contributed by atoms with Crippen LogP contribution in [0.2, 0.25) is 0 Å². The summed E-state index contributed by atoms with van der Waals surface area (Å²) in [6.45, 7) is 0. The van der Waals surface area contributed by atoms with E-state index in [9.17, 15) is 29.4 Å². The number of carbonyl (C=O) groups is 4. The average Bonchev–Trinajstić information content (AvgIpc) is 2.77. The van der Waals surface area contributed by atoms with E-state index in [2.05, 4.69) is 10.6 Å². The topological polar surface area (TPSA) is 180 Å². The van der Waals surface area contributed by atoms with Gasteiger partial charge in [-0.1, -0.05) is 0 Å². The fraction of sp³-hybridized carbons (Fsp3) is 0.182. The highest BCUT2D eigenvalue weighted by atomic mass is 16.4. The zero-order valence-corrected chi connectivity index (χ0v) is 16.7. The van der Waals surface area contributed by atoms with Crippen molar-refractivity contribution in [3.05, 3.63) is 58.7 Å². The minimum Gasteiger partial charge on any atom is -0.478 e. The van der Waals surface area contributed by atoms with Gasteiger partial charge in [-0.15, -0.1) is 0 Å². The molecule has 2 amide bonds. The number of benzene rings is 2. The maximum absolute atomic E-state index is 12.1. The van der Waals surface area contributed by atoms with Crippen LogP contribution < -0.4 is 10.6 Å². The van der Waals surface area contributed by atoms with Crippen molar-refractivity contribution in [2.45, 2.75) is 25.7 Å². The number of carboxylic acids is 2. The summed E-state index contributed by atoms with van der Waals surface area (Å²) in [5, 5.41) is 41.1. The third-order valence-corrected chi connectivity index (χ3v) is 4.36. The second-order valence-electron chi connectivity index (χ2n) is 6.66. The summed E-state index contributed by atoms with van der Waals surface area (Å²) >= 11 is 0. The highest BCUT2D eigenvalue weighted by Crippen LogP contribution is 2.19. The normalized spacial score (nSPS) is 9.81. The SMILES string of the molecule is N#Cc1ccc(NC(=O)CCCCC(=O)Nc2ccc(C#N)cc2C(=O)O)c(C(=O)O)c1. The predicted octanol–water partition coefficient (Wildman–Crippen LogP) is 2.96.